The van der Waals surface area contributed by atoms with Crippen molar-refractivity contribution in [1.29, 1.82) is 0 Å². The number of halogens is 3. The molecule has 2 aromatic carbocycles. The Morgan fingerprint density at radius 2 is 1.96 bits per heavy atom. The third-order valence-corrected chi connectivity index (χ3v) is 6.49. The summed E-state index contributed by atoms with van der Waals surface area (Å²) in [7, 11) is -4.12. The van der Waals surface area contributed by atoms with Crippen LogP contribution in [-0.2, 0) is 16.4 Å². The normalized spacial score (nSPS) is 17.7. The SMILES string of the molecule is CC1CCc2cc(F)ccc2N1S(=O)(=O)c1cc(Cl)cc(Cl)c1O. The maximum Gasteiger partial charge on any atom is 0.268 e. The lowest BCUT2D eigenvalue weighted by molar-refractivity contribution is 0.458. The predicted molar refractivity (Wildman–Crippen MR) is 92.0 cm³/mol. The third kappa shape index (κ3) is 2.83. The van der Waals surface area contributed by atoms with Gasteiger partial charge in [0.2, 0.25) is 0 Å². The van der Waals surface area contributed by atoms with Crippen LogP contribution in [0, 0.1) is 5.82 Å². The van der Waals surface area contributed by atoms with Crippen molar-refractivity contribution in [2.45, 2.75) is 30.7 Å². The molecule has 0 aliphatic carbocycles. The van der Waals surface area contributed by atoms with E-state index in [1.54, 1.807) is 6.92 Å². The minimum absolute atomic E-state index is 0.0976. The average Bonchev–Trinajstić information content (AvgIpc) is 2.50. The molecular weight excluding hydrogens is 376 g/mol. The highest BCUT2D eigenvalue weighted by atomic mass is 35.5. The van der Waals surface area contributed by atoms with Crippen LogP contribution in [0.15, 0.2) is 35.2 Å². The predicted octanol–water partition coefficient (Wildman–Crippen LogP) is 4.37. The average molecular weight is 390 g/mol. The van der Waals surface area contributed by atoms with Crippen LogP contribution >= 0.6 is 23.2 Å². The van der Waals surface area contributed by atoms with Crippen molar-refractivity contribution < 1.29 is 17.9 Å². The molecule has 1 heterocycles. The molecule has 24 heavy (non-hydrogen) atoms. The van der Waals surface area contributed by atoms with Gasteiger partial charge in [-0.05, 0) is 55.7 Å². The number of rotatable bonds is 2. The van der Waals surface area contributed by atoms with E-state index >= 15 is 0 Å². The van der Waals surface area contributed by atoms with E-state index in [1.165, 1.54) is 28.6 Å². The summed E-state index contributed by atoms with van der Waals surface area (Å²) in [6, 6.07) is 6.04. The van der Waals surface area contributed by atoms with Gasteiger partial charge in [-0.1, -0.05) is 23.2 Å². The number of aromatic hydroxyl groups is 1. The highest BCUT2D eigenvalue weighted by Gasteiger charge is 2.36. The second-order valence-electron chi connectivity index (χ2n) is 5.70. The fourth-order valence-electron chi connectivity index (χ4n) is 2.90. The maximum absolute atomic E-state index is 13.5. The fraction of sp³-hybridized carbons (Fsp3) is 0.250. The Hall–Kier alpha value is -1.50. The first-order valence-electron chi connectivity index (χ1n) is 7.22. The maximum atomic E-state index is 13.5. The van der Waals surface area contributed by atoms with E-state index in [0.717, 1.165) is 6.07 Å². The first kappa shape index (κ1) is 17.3. The Morgan fingerprint density at radius 1 is 1.25 bits per heavy atom. The van der Waals surface area contributed by atoms with E-state index in [0.29, 0.717) is 24.1 Å². The van der Waals surface area contributed by atoms with Gasteiger partial charge >= 0.3 is 0 Å². The number of fused-ring (bicyclic) bond motifs is 1. The molecule has 0 spiro atoms. The van der Waals surface area contributed by atoms with E-state index in [4.69, 9.17) is 23.2 Å². The van der Waals surface area contributed by atoms with Crippen molar-refractivity contribution in [2.24, 2.45) is 0 Å². The van der Waals surface area contributed by atoms with Gasteiger partial charge < -0.3 is 5.11 Å². The number of hydrogen-bond donors (Lipinski definition) is 1. The smallest absolute Gasteiger partial charge is 0.268 e. The molecule has 0 fully saturated rings. The quantitative estimate of drug-likeness (QED) is 0.829. The molecule has 0 amide bonds. The summed E-state index contributed by atoms with van der Waals surface area (Å²) in [4.78, 5) is -0.371. The van der Waals surface area contributed by atoms with Crippen molar-refractivity contribution in [1.82, 2.24) is 0 Å². The minimum Gasteiger partial charge on any atom is -0.505 e. The molecule has 2 aromatic rings. The molecule has 1 N–H and O–H groups in total. The standard InChI is InChI=1S/C16H14Cl2FNO3S/c1-9-2-3-10-6-12(19)4-5-14(10)20(9)24(22,23)15-8-11(17)7-13(18)16(15)21/h4-9,21H,2-3H2,1H3. The Bertz CT molecular complexity index is 918. The molecule has 4 nitrogen and oxygen atoms in total. The van der Waals surface area contributed by atoms with E-state index in [9.17, 15) is 17.9 Å². The van der Waals surface area contributed by atoms with Gasteiger partial charge in [-0.25, -0.2) is 12.8 Å². The van der Waals surface area contributed by atoms with Crippen LogP contribution in [0.3, 0.4) is 0 Å². The first-order chi connectivity index (χ1) is 11.2. The van der Waals surface area contributed by atoms with Gasteiger partial charge in [0.05, 0.1) is 10.7 Å². The topological polar surface area (TPSA) is 57.6 Å². The molecule has 1 atom stereocenters. The largest absolute Gasteiger partial charge is 0.505 e. The zero-order chi connectivity index (χ0) is 17.6. The van der Waals surface area contributed by atoms with Crippen LogP contribution in [0.5, 0.6) is 5.75 Å². The van der Waals surface area contributed by atoms with Gasteiger partial charge in [0.1, 0.15) is 10.7 Å². The van der Waals surface area contributed by atoms with Gasteiger partial charge in [-0.2, -0.15) is 0 Å². The Labute approximate surface area is 149 Å². The lowest BCUT2D eigenvalue weighted by Gasteiger charge is -2.36. The number of benzene rings is 2. The summed E-state index contributed by atoms with van der Waals surface area (Å²) in [5, 5.41) is 10.1. The summed E-state index contributed by atoms with van der Waals surface area (Å²) in [5.41, 5.74) is 0.995. The number of aryl methyl sites for hydroxylation is 1. The highest BCUT2D eigenvalue weighted by Crippen LogP contribution is 2.40. The molecule has 0 saturated heterocycles. The van der Waals surface area contributed by atoms with E-state index in [-0.39, 0.29) is 21.0 Å². The van der Waals surface area contributed by atoms with E-state index < -0.39 is 21.6 Å². The monoisotopic (exact) mass is 389 g/mol. The summed E-state index contributed by atoms with van der Waals surface area (Å²) < 4.78 is 40.9. The number of nitrogens with zero attached hydrogens (tertiary/aromatic N) is 1. The summed E-state index contributed by atoms with van der Waals surface area (Å²) >= 11 is 11.8. The van der Waals surface area contributed by atoms with Crippen LogP contribution in [0.4, 0.5) is 10.1 Å². The Morgan fingerprint density at radius 3 is 2.67 bits per heavy atom. The molecule has 128 valence electrons. The van der Waals surface area contributed by atoms with Crippen molar-refractivity contribution >= 4 is 38.9 Å². The minimum atomic E-state index is -4.12. The van der Waals surface area contributed by atoms with Crippen LogP contribution in [0.25, 0.3) is 0 Å². The van der Waals surface area contributed by atoms with Gasteiger partial charge in [0.15, 0.2) is 5.75 Å². The molecule has 8 heteroatoms. The summed E-state index contributed by atoms with van der Waals surface area (Å²) in [6.07, 6.45) is 1.10. The molecule has 0 aromatic heterocycles. The summed E-state index contributed by atoms with van der Waals surface area (Å²) in [5.74, 6) is -0.975. The number of sulfonamides is 1. The van der Waals surface area contributed by atoms with Crippen LogP contribution in [0.1, 0.15) is 18.9 Å². The molecule has 1 aliphatic heterocycles. The zero-order valence-electron chi connectivity index (χ0n) is 12.6. The molecular formula is C16H14Cl2FNO3S. The molecule has 1 unspecified atom stereocenters. The molecule has 0 radical (unpaired) electrons. The van der Waals surface area contributed by atoms with E-state index in [1.807, 2.05) is 0 Å². The van der Waals surface area contributed by atoms with E-state index in [2.05, 4.69) is 0 Å². The molecule has 0 saturated carbocycles. The second kappa shape index (κ2) is 6.10. The number of hydrogen-bond acceptors (Lipinski definition) is 3. The zero-order valence-corrected chi connectivity index (χ0v) is 15.0. The van der Waals surface area contributed by atoms with Gasteiger partial charge in [0.25, 0.3) is 10.0 Å². The number of phenolic OH excluding ortho intramolecular Hbond substituents is 1. The Balaban J connectivity index is 2.21. The lowest BCUT2D eigenvalue weighted by Crippen LogP contribution is -2.42. The van der Waals surface area contributed by atoms with Crippen LogP contribution in [-0.4, -0.2) is 19.6 Å². The fourth-order valence-corrected chi connectivity index (χ4v) is 5.37. The van der Waals surface area contributed by atoms with Crippen molar-refractivity contribution in [2.75, 3.05) is 4.31 Å². The van der Waals surface area contributed by atoms with Crippen molar-refractivity contribution in [3.05, 3.63) is 51.8 Å². The number of anilines is 1. The highest BCUT2D eigenvalue weighted by molar-refractivity contribution is 7.93. The Kier molecular flexibility index (Phi) is 4.40. The van der Waals surface area contributed by atoms with Crippen molar-refractivity contribution in [3.63, 3.8) is 0 Å². The molecule has 0 bridgehead atoms. The molecule has 1 aliphatic rings. The third-order valence-electron chi connectivity index (χ3n) is 4.04. The van der Waals surface area contributed by atoms with Crippen LogP contribution < -0.4 is 4.31 Å². The first-order valence-corrected chi connectivity index (χ1v) is 9.42. The van der Waals surface area contributed by atoms with Crippen molar-refractivity contribution in [3.8, 4) is 5.75 Å². The lowest BCUT2D eigenvalue weighted by atomic mass is 9.99. The molecule has 3 rings (SSSR count). The van der Waals surface area contributed by atoms with Gasteiger partial charge in [-0.15, -0.1) is 0 Å². The van der Waals surface area contributed by atoms with Gasteiger partial charge in [0, 0.05) is 11.1 Å². The second-order valence-corrected chi connectivity index (χ2v) is 8.32. The summed E-state index contributed by atoms with van der Waals surface area (Å²) in [6.45, 7) is 1.76. The van der Waals surface area contributed by atoms with Crippen LogP contribution in [0.2, 0.25) is 10.0 Å². The van der Waals surface area contributed by atoms with Gasteiger partial charge in [-0.3, -0.25) is 4.31 Å². The number of phenols is 1.